The van der Waals surface area contributed by atoms with Crippen LogP contribution in [0.1, 0.15) is 12.5 Å². The van der Waals surface area contributed by atoms with Gasteiger partial charge >= 0.3 is 5.97 Å². The molecular formula is C14H18N2O4. The summed E-state index contributed by atoms with van der Waals surface area (Å²) in [4.78, 5) is 23.0. The first-order valence-corrected chi connectivity index (χ1v) is 6.56. The highest BCUT2D eigenvalue weighted by Gasteiger charge is 2.26. The summed E-state index contributed by atoms with van der Waals surface area (Å²) in [5, 5.41) is 2.61. The molecule has 0 saturated carbocycles. The molecule has 0 radical (unpaired) electrons. The van der Waals surface area contributed by atoms with E-state index < -0.39 is 17.9 Å². The summed E-state index contributed by atoms with van der Waals surface area (Å²) >= 11 is 0. The highest BCUT2D eigenvalue weighted by molar-refractivity contribution is 6.01. The van der Waals surface area contributed by atoms with Crippen LogP contribution in [0, 0.1) is 0 Å². The number of benzene rings is 1. The Hall–Kier alpha value is -2.08. The summed E-state index contributed by atoms with van der Waals surface area (Å²) < 4.78 is 10.4. The van der Waals surface area contributed by atoms with E-state index in [1.807, 2.05) is 24.3 Å². The van der Waals surface area contributed by atoms with E-state index in [0.717, 1.165) is 17.7 Å². The van der Waals surface area contributed by atoms with Gasteiger partial charge in [0.25, 0.3) is 0 Å². The van der Waals surface area contributed by atoms with Crippen molar-refractivity contribution >= 4 is 11.9 Å². The third-order valence-corrected chi connectivity index (χ3v) is 3.04. The van der Waals surface area contributed by atoms with Gasteiger partial charge in [0, 0.05) is 6.42 Å². The van der Waals surface area contributed by atoms with Crippen molar-refractivity contribution in [3.63, 3.8) is 0 Å². The fourth-order valence-corrected chi connectivity index (χ4v) is 2.03. The molecule has 2 unspecified atom stereocenters. The molecule has 1 aliphatic heterocycles. The summed E-state index contributed by atoms with van der Waals surface area (Å²) in [5.74, 6) is -0.440. The molecule has 108 valence electrons. The van der Waals surface area contributed by atoms with E-state index in [1.54, 1.807) is 6.92 Å². The second-order valence-electron chi connectivity index (χ2n) is 4.53. The molecule has 1 aromatic carbocycles. The molecule has 0 saturated heterocycles. The van der Waals surface area contributed by atoms with Crippen molar-refractivity contribution in [1.29, 1.82) is 0 Å². The minimum Gasteiger partial charge on any atom is -0.488 e. The lowest BCUT2D eigenvalue weighted by molar-refractivity contribution is -0.148. The van der Waals surface area contributed by atoms with E-state index in [0.29, 0.717) is 6.54 Å². The van der Waals surface area contributed by atoms with Crippen LogP contribution in [0.5, 0.6) is 5.75 Å². The Balaban J connectivity index is 1.79. The van der Waals surface area contributed by atoms with Gasteiger partial charge < -0.3 is 20.5 Å². The molecule has 0 fully saturated rings. The van der Waals surface area contributed by atoms with Crippen LogP contribution in [0.4, 0.5) is 0 Å². The maximum absolute atomic E-state index is 11.7. The zero-order chi connectivity index (χ0) is 14.5. The van der Waals surface area contributed by atoms with Gasteiger partial charge in [-0.2, -0.15) is 0 Å². The van der Waals surface area contributed by atoms with Crippen molar-refractivity contribution in [3.05, 3.63) is 29.8 Å². The van der Waals surface area contributed by atoms with E-state index in [2.05, 4.69) is 5.32 Å². The second kappa shape index (κ2) is 6.38. The number of amides is 1. The standard InChI is InChI=1S/C14H18N2O4/c1-2-19-14(18)12(15)13(17)16-8-10-7-9-5-3-4-6-11(9)20-10/h3-6,10,12H,2,7-8,15H2,1H3,(H,16,17). The number of hydrogen-bond acceptors (Lipinski definition) is 5. The van der Waals surface area contributed by atoms with Crippen molar-refractivity contribution in [2.45, 2.75) is 25.5 Å². The van der Waals surface area contributed by atoms with Crippen LogP contribution in [-0.4, -0.2) is 37.2 Å². The van der Waals surface area contributed by atoms with Gasteiger partial charge in [-0.05, 0) is 18.6 Å². The number of rotatable bonds is 5. The van der Waals surface area contributed by atoms with E-state index >= 15 is 0 Å². The number of nitrogens with one attached hydrogen (secondary N) is 1. The first-order valence-electron chi connectivity index (χ1n) is 6.56. The van der Waals surface area contributed by atoms with Crippen LogP contribution in [0.25, 0.3) is 0 Å². The first-order chi connectivity index (χ1) is 9.61. The van der Waals surface area contributed by atoms with Crippen LogP contribution in [0.2, 0.25) is 0 Å². The molecule has 3 N–H and O–H groups in total. The predicted molar refractivity (Wildman–Crippen MR) is 72.2 cm³/mol. The van der Waals surface area contributed by atoms with Crippen LogP contribution in [-0.2, 0) is 20.7 Å². The zero-order valence-corrected chi connectivity index (χ0v) is 11.3. The van der Waals surface area contributed by atoms with E-state index in [9.17, 15) is 9.59 Å². The minimum absolute atomic E-state index is 0.134. The molecule has 2 atom stereocenters. The van der Waals surface area contributed by atoms with Gasteiger partial charge in [-0.25, -0.2) is 4.79 Å². The summed E-state index contributed by atoms with van der Waals surface area (Å²) in [5.41, 5.74) is 6.60. The Morgan fingerprint density at radius 2 is 2.25 bits per heavy atom. The van der Waals surface area contributed by atoms with Gasteiger partial charge in [0.1, 0.15) is 11.9 Å². The lowest BCUT2D eigenvalue weighted by Gasteiger charge is -2.14. The summed E-state index contributed by atoms with van der Waals surface area (Å²) in [6, 6.07) is 6.43. The normalized spacial score (nSPS) is 17.8. The Kier molecular flexibility index (Phi) is 4.57. The molecule has 1 aliphatic rings. The minimum atomic E-state index is -1.29. The fraction of sp³-hybridized carbons (Fsp3) is 0.429. The maximum Gasteiger partial charge on any atom is 0.332 e. The lowest BCUT2D eigenvalue weighted by Crippen LogP contribution is -2.49. The number of esters is 1. The third kappa shape index (κ3) is 3.27. The number of para-hydroxylation sites is 1. The Bertz CT molecular complexity index is 479. The van der Waals surface area contributed by atoms with E-state index in [-0.39, 0.29) is 12.7 Å². The van der Waals surface area contributed by atoms with E-state index in [1.165, 1.54) is 0 Å². The number of carbonyl (C=O) groups excluding carboxylic acids is 2. The van der Waals surface area contributed by atoms with Crippen molar-refractivity contribution in [2.75, 3.05) is 13.2 Å². The van der Waals surface area contributed by atoms with Crippen molar-refractivity contribution in [2.24, 2.45) is 5.73 Å². The van der Waals surface area contributed by atoms with Gasteiger partial charge in [-0.3, -0.25) is 4.79 Å². The molecule has 20 heavy (non-hydrogen) atoms. The fourth-order valence-electron chi connectivity index (χ4n) is 2.03. The summed E-state index contributed by atoms with van der Waals surface area (Å²) in [6.07, 6.45) is 0.594. The second-order valence-corrected chi connectivity index (χ2v) is 4.53. The van der Waals surface area contributed by atoms with E-state index in [4.69, 9.17) is 15.2 Å². The highest BCUT2D eigenvalue weighted by Crippen LogP contribution is 2.27. The SMILES string of the molecule is CCOC(=O)C(N)C(=O)NCC1Cc2ccccc2O1. The number of ether oxygens (including phenoxy) is 2. The van der Waals surface area contributed by atoms with Crippen LogP contribution in [0.15, 0.2) is 24.3 Å². The quantitative estimate of drug-likeness (QED) is 0.584. The molecule has 1 aromatic rings. The lowest BCUT2D eigenvalue weighted by atomic mass is 10.1. The highest BCUT2D eigenvalue weighted by atomic mass is 16.5. The number of nitrogens with two attached hydrogens (primary N) is 1. The topological polar surface area (TPSA) is 90.7 Å². The monoisotopic (exact) mass is 278 g/mol. The number of carbonyl (C=O) groups is 2. The molecule has 6 heteroatoms. The summed E-state index contributed by atoms with van der Waals surface area (Å²) in [6.45, 7) is 2.16. The smallest absolute Gasteiger partial charge is 0.332 e. The molecule has 6 nitrogen and oxygen atoms in total. The molecule has 1 amide bonds. The first kappa shape index (κ1) is 14.3. The van der Waals surface area contributed by atoms with Crippen molar-refractivity contribution < 1.29 is 19.1 Å². The molecule has 1 heterocycles. The van der Waals surface area contributed by atoms with Gasteiger partial charge in [-0.1, -0.05) is 18.2 Å². The average Bonchev–Trinajstić information content (AvgIpc) is 2.87. The number of fused-ring (bicyclic) bond motifs is 1. The third-order valence-electron chi connectivity index (χ3n) is 3.04. The Morgan fingerprint density at radius 3 is 2.95 bits per heavy atom. The molecular weight excluding hydrogens is 260 g/mol. The molecule has 2 rings (SSSR count). The van der Waals surface area contributed by atoms with Crippen LogP contribution in [0.3, 0.4) is 0 Å². The van der Waals surface area contributed by atoms with Gasteiger partial charge in [0.05, 0.1) is 13.2 Å². The largest absolute Gasteiger partial charge is 0.488 e. The van der Waals surface area contributed by atoms with Crippen molar-refractivity contribution in [3.8, 4) is 5.75 Å². The Labute approximate surface area is 117 Å². The van der Waals surface area contributed by atoms with Gasteiger partial charge in [-0.15, -0.1) is 0 Å². The van der Waals surface area contributed by atoms with Gasteiger partial charge in [0.2, 0.25) is 5.91 Å². The van der Waals surface area contributed by atoms with Crippen molar-refractivity contribution in [1.82, 2.24) is 5.32 Å². The summed E-state index contributed by atoms with van der Waals surface area (Å²) in [7, 11) is 0. The van der Waals surface area contributed by atoms with Crippen LogP contribution < -0.4 is 15.8 Å². The van der Waals surface area contributed by atoms with Gasteiger partial charge in [0.15, 0.2) is 6.04 Å². The molecule has 0 spiro atoms. The number of hydrogen-bond donors (Lipinski definition) is 2. The predicted octanol–water partition coefficient (Wildman–Crippen LogP) is -0.00330. The molecule has 0 aliphatic carbocycles. The average molecular weight is 278 g/mol. The molecule has 0 aromatic heterocycles. The maximum atomic E-state index is 11.7. The zero-order valence-electron chi connectivity index (χ0n) is 11.3. The molecule has 0 bridgehead atoms. The van der Waals surface area contributed by atoms with Crippen LogP contribution >= 0.6 is 0 Å². The Morgan fingerprint density at radius 1 is 1.50 bits per heavy atom.